The van der Waals surface area contributed by atoms with Gasteiger partial charge in [-0.25, -0.2) is 4.79 Å². The van der Waals surface area contributed by atoms with Crippen molar-refractivity contribution in [3.05, 3.63) is 0 Å². The maximum Gasteiger partial charge on any atom is 0.407 e. The first-order valence-corrected chi connectivity index (χ1v) is 7.43. The minimum Gasteiger partial charge on any atom is -0.481 e. The van der Waals surface area contributed by atoms with E-state index in [9.17, 15) is 14.7 Å². The topological polar surface area (TPSA) is 95.9 Å². The number of alkyl carbamates (subject to hydrolysis) is 1. The molecule has 0 saturated carbocycles. The van der Waals surface area contributed by atoms with Crippen LogP contribution in [-0.2, 0) is 9.53 Å². The molecule has 0 spiro atoms. The van der Waals surface area contributed by atoms with Crippen LogP contribution in [0.15, 0.2) is 0 Å². The Morgan fingerprint density at radius 2 is 1.95 bits per heavy atom. The van der Waals surface area contributed by atoms with E-state index in [1.165, 1.54) is 0 Å². The van der Waals surface area contributed by atoms with Crippen LogP contribution in [0, 0.1) is 0 Å². The molecular formula is C12H23NO5S. The number of carboxylic acid groups (broad SMARTS) is 1. The van der Waals surface area contributed by atoms with E-state index in [0.717, 1.165) is 0 Å². The van der Waals surface area contributed by atoms with Gasteiger partial charge in [0.2, 0.25) is 0 Å². The van der Waals surface area contributed by atoms with E-state index in [1.807, 2.05) is 6.26 Å². The summed E-state index contributed by atoms with van der Waals surface area (Å²) in [7, 11) is 0. The molecule has 112 valence electrons. The van der Waals surface area contributed by atoms with Crippen molar-refractivity contribution in [2.45, 2.75) is 51.4 Å². The molecule has 0 rings (SSSR count). The minimum atomic E-state index is -1.13. The number of aliphatic hydroxyl groups is 1. The van der Waals surface area contributed by atoms with E-state index in [4.69, 9.17) is 9.84 Å². The lowest BCUT2D eigenvalue weighted by Crippen LogP contribution is -2.46. The van der Waals surface area contributed by atoms with Crippen molar-refractivity contribution in [3.8, 4) is 0 Å². The van der Waals surface area contributed by atoms with Crippen LogP contribution in [0.25, 0.3) is 0 Å². The summed E-state index contributed by atoms with van der Waals surface area (Å²) >= 11 is 1.56. The highest BCUT2D eigenvalue weighted by Crippen LogP contribution is 2.11. The molecule has 0 aliphatic carbocycles. The monoisotopic (exact) mass is 293 g/mol. The molecule has 0 aromatic rings. The predicted molar refractivity (Wildman–Crippen MR) is 74.4 cm³/mol. The largest absolute Gasteiger partial charge is 0.481 e. The second-order valence-corrected chi connectivity index (χ2v) is 6.19. The minimum absolute atomic E-state index is 0.408. The Morgan fingerprint density at radius 1 is 1.37 bits per heavy atom. The van der Waals surface area contributed by atoms with E-state index in [1.54, 1.807) is 32.5 Å². The standard InChI is InChI=1S/C12H23NO5S/c1-12(2,3)18-11(17)13-8(5-6-19-4)9(14)7-10(15)16/h8-9,14H,5-7H2,1-4H3,(H,13,17)(H,15,16)/t8-,9-/m0/s1. The van der Waals surface area contributed by atoms with Gasteiger partial charge in [-0.2, -0.15) is 11.8 Å². The molecule has 19 heavy (non-hydrogen) atoms. The number of carbonyl (C=O) groups excluding carboxylic acids is 1. The van der Waals surface area contributed by atoms with E-state index in [2.05, 4.69) is 5.32 Å². The maximum atomic E-state index is 11.6. The molecule has 0 aliphatic heterocycles. The van der Waals surface area contributed by atoms with Gasteiger partial charge in [-0.1, -0.05) is 0 Å². The number of aliphatic hydroxyl groups excluding tert-OH is 1. The molecule has 0 aliphatic rings. The van der Waals surface area contributed by atoms with E-state index in [0.29, 0.717) is 12.2 Å². The van der Waals surface area contributed by atoms with Gasteiger partial charge in [-0.05, 0) is 39.2 Å². The van der Waals surface area contributed by atoms with Crippen molar-refractivity contribution < 1.29 is 24.5 Å². The van der Waals surface area contributed by atoms with Crippen molar-refractivity contribution >= 4 is 23.8 Å². The molecule has 3 N–H and O–H groups in total. The fourth-order valence-corrected chi connectivity index (χ4v) is 1.88. The average molecular weight is 293 g/mol. The summed E-state index contributed by atoms with van der Waals surface area (Å²) in [5, 5.41) is 21.0. The molecule has 0 bridgehead atoms. The summed E-state index contributed by atoms with van der Waals surface area (Å²) in [6.07, 6.45) is 0.192. The van der Waals surface area contributed by atoms with Crippen LogP contribution in [0.2, 0.25) is 0 Å². The van der Waals surface area contributed by atoms with Gasteiger partial charge in [0, 0.05) is 0 Å². The van der Waals surface area contributed by atoms with Crippen molar-refractivity contribution in [1.29, 1.82) is 0 Å². The summed E-state index contributed by atoms with van der Waals surface area (Å²) in [5.41, 5.74) is -0.633. The van der Waals surface area contributed by atoms with Crippen LogP contribution in [0.1, 0.15) is 33.6 Å². The Hall–Kier alpha value is -0.950. The van der Waals surface area contributed by atoms with Crippen molar-refractivity contribution in [2.24, 2.45) is 0 Å². The number of hydrogen-bond donors (Lipinski definition) is 3. The van der Waals surface area contributed by atoms with Gasteiger partial charge in [0.25, 0.3) is 0 Å². The molecule has 6 nitrogen and oxygen atoms in total. The number of ether oxygens (including phenoxy) is 1. The lowest BCUT2D eigenvalue weighted by Gasteiger charge is -2.26. The number of rotatable bonds is 7. The zero-order valence-electron chi connectivity index (χ0n) is 11.8. The summed E-state index contributed by atoms with van der Waals surface area (Å²) in [6, 6.07) is -0.626. The maximum absolute atomic E-state index is 11.6. The Labute approximate surface area is 117 Å². The molecule has 0 aromatic heterocycles. The van der Waals surface area contributed by atoms with Crippen LogP contribution < -0.4 is 5.32 Å². The molecule has 2 atom stereocenters. The predicted octanol–water partition coefficient (Wildman–Crippen LogP) is 1.47. The quantitative estimate of drug-likeness (QED) is 0.658. The molecule has 0 unspecified atom stereocenters. The molecule has 1 amide bonds. The Morgan fingerprint density at radius 3 is 2.37 bits per heavy atom. The second-order valence-electron chi connectivity index (χ2n) is 5.20. The summed E-state index contributed by atoms with van der Waals surface area (Å²) in [5.74, 6) is -0.399. The van der Waals surface area contributed by atoms with Gasteiger partial charge in [0.05, 0.1) is 18.6 Å². The highest BCUT2D eigenvalue weighted by molar-refractivity contribution is 7.98. The van der Waals surface area contributed by atoms with Gasteiger partial charge < -0.3 is 20.3 Å². The SMILES string of the molecule is CSCC[C@H](NC(=O)OC(C)(C)C)[C@@H](O)CC(=O)O. The Bertz CT molecular complexity index is 303. The van der Waals surface area contributed by atoms with Crippen LogP contribution in [0.4, 0.5) is 4.79 Å². The van der Waals surface area contributed by atoms with E-state index < -0.39 is 36.2 Å². The number of carboxylic acids is 1. The van der Waals surface area contributed by atoms with E-state index >= 15 is 0 Å². The highest BCUT2D eigenvalue weighted by atomic mass is 32.2. The van der Waals surface area contributed by atoms with Crippen LogP contribution in [-0.4, -0.2) is 52.0 Å². The van der Waals surface area contributed by atoms with Crippen LogP contribution in [0.3, 0.4) is 0 Å². The lowest BCUT2D eigenvalue weighted by atomic mass is 10.1. The highest BCUT2D eigenvalue weighted by Gasteiger charge is 2.25. The second kappa shape index (κ2) is 8.27. The first-order valence-electron chi connectivity index (χ1n) is 6.04. The number of aliphatic carboxylic acids is 1. The fraction of sp³-hybridized carbons (Fsp3) is 0.833. The van der Waals surface area contributed by atoms with Gasteiger partial charge in [-0.3, -0.25) is 4.79 Å². The van der Waals surface area contributed by atoms with Crippen LogP contribution >= 0.6 is 11.8 Å². The molecule has 0 radical (unpaired) electrons. The third-order valence-electron chi connectivity index (χ3n) is 2.18. The van der Waals surface area contributed by atoms with Gasteiger partial charge in [0.1, 0.15) is 5.60 Å². The molecule has 0 fully saturated rings. The Kier molecular flexibility index (Phi) is 7.85. The normalized spacial score (nSPS) is 14.6. The van der Waals surface area contributed by atoms with Crippen molar-refractivity contribution in [3.63, 3.8) is 0 Å². The Balaban J connectivity index is 4.49. The van der Waals surface area contributed by atoms with Crippen molar-refractivity contribution in [1.82, 2.24) is 5.32 Å². The molecular weight excluding hydrogens is 270 g/mol. The fourth-order valence-electron chi connectivity index (χ4n) is 1.39. The number of amides is 1. The van der Waals surface area contributed by atoms with Crippen LogP contribution in [0.5, 0.6) is 0 Å². The lowest BCUT2D eigenvalue weighted by molar-refractivity contribution is -0.139. The molecule has 0 heterocycles. The van der Waals surface area contributed by atoms with Gasteiger partial charge in [0.15, 0.2) is 0 Å². The van der Waals surface area contributed by atoms with Gasteiger partial charge in [-0.15, -0.1) is 0 Å². The zero-order chi connectivity index (χ0) is 15.1. The number of nitrogens with one attached hydrogen (secondary N) is 1. The average Bonchev–Trinajstić information content (AvgIpc) is 2.20. The van der Waals surface area contributed by atoms with Gasteiger partial charge >= 0.3 is 12.1 Å². The van der Waals surface area contributed by atoms with Crippen molar-refractivity contribution in [2.75, 3.05) is 12.0 Å². The number of carbonyl (C=O) groups is 2. The smallest absolute Gasteiger partial charge is 0.407 e. The summed E-state index contributed by atoms with van der Waals surface area (Å²) < 4.78 is 5.09. The van der Waals surface area contributed by atoms with E-state index in [-0.39, 0.29) is 0 Å². The first kappa shape index (κ1) is 18.0. The molecule has 0 saturated heterocycles. The number of hydrogen-bond acceptors (Lipinski definition) is 5. The molecule has 0 aromatic carbocycles. The summed E-state index contributed by atoms with van der Waals surface area (Å²) in [4.78, 5) is 22.2. The summed E-state index contributed by atoms with van der Waals surface area (Å²) in [6.45, 7) is 5.20. The third-order valence-corrected chi connectivity index (χ3v) is 2.83. The first-order chi connectivity index (χ1) is 8.65. The number of thioether (sulfide) groups is 1. The third kappa shape index (κ3) is 9.61. The molecule has 7 heteroatoms. The zero-order valence-corrected chi connectivity index (χ0v) is 12.6.